The normalized spacial score (nSPS) is 9.29. The van der Waals surface area contributed by atoms with Gasteiger partial charge in [-0.1, -0.05) is 45.2 Å². The summed E-state index contributed by atoms with van der Waals surface area (Å²) in [4.78, 5) is 0. The summed E-state index contributed by atoms with van der Waals surface area (Å²) in [5, 5.41) is 2.36. The Hall–Kier alpha value is -1.54. The molecule has 0 radical (unpaired) electrons. The van der Waals surface area contributed by atoms with E-state index < -0.39 is 0 Å². The minimum Gasteiger partial charge on any atom is -0.467 e. The highest BCUT2D eigenvalue weighted by Crippen LogP contribution is 2.27. The topological polar surface area (TPSA) is 18.5 Å². The van der Waals surface area contributed by atoms with Crippen LogP contribution in [0, 0.1) is 6.92 Å². The van der Waals surface area contributed by atoms with E-state index >= 15 is 0 Å². The lowest BCUT2D eigenvalue weighted by Gasteiger charge is -2.09. The van der Waals surface area contributed by atoms with Crippen LogP contribution in [-0.4, -0.2) is 13.9 Å². The average molecular weight is 234 g/mol. The van der Waals surface area contributed by atoms with Crippen LogP contribution in [0.25, 0.3) is 10.8 Å². The largest absolute Gasteiger partial charge is 0.467 e. The fourth-order valence-electron chi connectivity index (χ4n) is 1.69. The molecule has 0 heterocycles. The first-order chi connectivity index (χ1) is 7.33. The van der Waals surface area contributed by atoms with Gasteiger partial charge in [-0.25, -0.2) is 0 Å². The maximum Gasteiger partial charge on any atom is 0.188 e. The van der Waals surface area contributed by atoms with Crippen LogP contribution in [0.3, 0.4) is 0 Å². The Morgan fingerprint density at radius 3 is 2.29 bits per heavy atom. The van der Waals surface area contributed by atoms with Crippen molar-refractivity contribution >= 4 is 10.8 Å². The highest BCUT2D eigenvalue weighted by Gasteiger charge is 2.02. The molecule has 0 saturated carbocycles. The molecule has 0 aliphatic carbocycles. The molecule has 2 aromatic carbocycles. The number of aryl methyl sites for hydroxylation is 1. The van der Waals surface area contributed by atoms with Gasteiger partial charge >= 0.3 is 0 Å². The number of hydrogen-bond donors (Lipinski definition) is 0. The van der Waals surface area contributed by atoms with E-state index in [-0.39, 0.29) is 21.6 Å². The van der Waals surface area contributed by atoms with Crippen LogP contribution >= 0.6 is 0 Å². The molecule has 0 aliphatic heterocycles. The number of hydrogen-bond acceptors (Lipinski definition) is 2. The highest BCUT2D eigenvalue weighted by molar-refractivity contribution is 5.90. The molecular formula is C15H22O2. The first kappa shape index (κ1) is 15.5. The standard InChI is InChI=1S/C13H14O2.2CH4/c1-10-5-3-7-12-11(10)6-4-8-13(12)15-9-14-2;;/h3-8H,9H2,1-2H3;2*1H4. The van der Waals surface area contributed by atoms with Crippen LogP contribution < -0.4 is 4.74 Å². The van der Waals surface area contributed by atoms with Crippen LogP contribution in [0.2, 0.25) is 0 Å². The second-order valence-corrected chi connectivity index (χ2v) is 3.48. The van der Waals surface area contributed by atoms with Gasteiger partial charge in [-0.2, -0.15) is 0 Å². The van der Waals surface area contributed by atoms with Gasteiger partial charge in [-0.15, -0.1) is 0 Å². The fraction of sp³-hybridized carbons (Fsp3) is 0.333. The van der Waals surface area contributed by atoms with E-state index in [9.17, 15) is 0 Å². The van der Waals surface area contributed by atoms with E-state index in [4.69, 9.17) is 9.47 Å². The number of rotatable bonds is 3. The average Bonchev–Trinajstić information content (AvgIpc) is 2.27. The Labute approximate surface area is 104 Å². The lowest BCUT2D eigenvalue weighted by Crippen LogP contribution is -1.99. The number of methoxy groups -OCH3 is 1. The minimum absolute atomic E-state index is 0. The van der Waals surface area contributed by atoms with Gasteiger partial charge in [-0.05, 0) is 23.9 Å². The van der Waals surface area contributed by atoms with Crippen LogP contribution in [0.15, 0.2) is 36.4 Å². The summed E-state index contributed by atoms with van der Waals surface area (Å²) in [6.07, 6.45) is 0. The van der Waals surface area contributed by atoms with Crippen molar-refractivity contribution in [2.75, 3.05) is 13.9 Å². The van der Waals surface area contributed by atoms with Gasteiger partial charge in [0.15, 0.2) is 6.79 Å². The number of fused-ring (bicyclic) bond motifs is 1. The predicted octanol–water partition coefficient (Wildman–Crippen LogP) is 4.40. The maximum atomic E-state index is 5.50. The Morgan fingerprint density at radius 1 is 0.941 bits per heavy atom. The molecule has 0 amide bonds. The van der Waals surface area contributed by atoms with Gasteiger partial charge in [0.05, 0.1) is 0 Å². The van der Waals surface area contributed by atoms with Crippen molar-refractivity contribution < 1.29 is 9.47 Å². The van der Waals surface area contributed by atoms with Gasteiger partial charge in [0, 0.05) is 12.5 Å². The first-order valence-corrected chi connectivity index (χ1v) is 4.93. The minimum atomic E-state index is 0. The van der Waals surface area contributed by atoms with Crippen molar-refractivity contribution in [3.05, 3.63) is 42.0 Å². The Balaban J connectivity index is 0.00000128. The van der Waals surface area contributed by atoms with E-state index in [0.29, 0.717) is 0 Å². The molecule has 0 aromatic heterocycles. The monoisotopic (exact) mass is 234 g/mol. The van der Waals surface area contributed by atoms with Gasteiger partial charge in [-0.3, -0.25) is 0 Å². The van der Waals surface area contributed by atoms with Crippen molar-refractivity contribution in [1.82, 2.24) is 0 Å². The molecule has 0 bridgehead atoms. The third-order valence-electron chi connectivity index (χ3n) is 2.43. The molecule has 0 spiro atoms. The Kier molecular flexibility index (Phi) is 6.29. The zero-order chi connectivity index (χ0) is 10.7. The zero-order valence-electron chi connectivity index (χ0n) is 8.99. The van der Waals surface area contributed by atoms with Crippen LogP contribution in [0.1, 0.15) is 20.4 Å². The lowest BCUT2D eigenvalue weighted by molar-refractivity contribution is 0.0522. The van der Waals surface area contributed by atoms with E-state index in [0.717, 1.165) is 11.1 Å². The summed E-state index contributed by atoms with van der Waals surface area (Å²) in [5.74, 6) is 0.873. The fourth-order valence-corrected chi connectivity index (χ4v) is 1.69. The number of ether oxygens (including phenoxy) is 2. The Bertz CT molecular complexity index is 463. The van der Waals surface area contributed by atoms with Crippen molar-refractivity contribution in [2.24, 2.45) is 0 Å². The molecule has 0 fully saturated rings. The van der Waals surface area contributed by atoms with Crippen molar-refractivity contribution in [3.63, 3.8) is 0 Å². The molecule has 2 heteroatoms. The van der Waals surface area contributed by atoms with E-state index in [1.165, 1.54) is 10.9 Å². The van der Waals surface area contributed by atoms with E-state index in [2.05, 4.69) is 25.1 Å². The molecular weight excluding hydrogens is 212 g/mol. The van der Waals surface area contributed by atoms with Gasteiger partial charge in [0.2, 0.25) is 0 Å². The summed E-state index contributed by atoms with van der Waals surface area (Å²) >= 11 is 0. The lowest BCUT2D eigenvalue weighted by atomic mass is 10.1. The van der Waals surface area contributed by atoms with Crippen LogP contribution in [0.4, 0.5) is 0 Å². The van der Waals surface area contributed by atoms with Gasteiger partial charge < -0.3 is 9.47 Å². The summed E-state index contributed by atoms with van der Waals surface area (Å²) in [6, 6.07) is 12.3. The molecule has 0 saturated heterocycles. The molecule has 0 N–H and O–H groups in total. The number of benzene rings is 2. The summed E-state index contributed by atoms with van der Waals surface area (Å²) in [6.45, 7) is 2.38. The predicted molar refractivity (Wildman–Crippen MR) is 74.7 cm³/mol. The molecule has 94 valence electrons. The first-order valence-electron chi connectivity index (χ1n) is 4.93. The quantitative estimate of drug-likeness (QED) is 0.733. The van der Waals surface area contributed by atoms with Crippen LogP contribution in [-0.2, 0) is 4.74 Å². The van der Waals surface area contributed by atoms with Gasteiger partial charge in [0.25, 0.3) is 0 Å². The molecule has 17 heavy (non-hydrogen) atoms. The highest BCUT2D eigenvalue weighted by atomic mass is 16.7. The Morgan fingerprint density at radius 2 is 1.59 bits per heavy atom. The smallest absolute Gasteiger partial charge is 0.188 e. The summed E-state index contributed by atoms with van der Waals surface area (Å²) < 4.78 is 10.4. The molecule has 2 rings (SSSR count). The molecule has 2 aromatic rings. The van der Waals surface area contributed by atoms with Gasteiger partial charge in [0.1, 0.15) is 5.75 Å². The van der Waals surface area contributed by atoms with E-state index in [1.807, 2.05) is 18.2 Å². The summed E-state index contributed by atoms with van der Waals surface area (Å²) in [7, 11) is 1.62. The summed E-state index contributed by atoms with van der Waals surface area (Å²) in [5.41, 5.74) is 1.26. The third-order valence-corrected chi connectivity index (χ3v) is 2.43. The molecule has 0 unspecified atom stereocenters. The molecule has 0 atom stereocenters. The van der Waals surface area contributed by atoms with Crippen molar-refractivity contribution in [1.29, 1.82) is 0 Å². The van der Waals surface area contributed by atoms with E-state index in [1.54, 1.807) is 7.11 Å². The zero-order valence-corrected chi connectivity index (χ0v) is 8.99. The maximum absolute atomic E-state index is 5.50. The van der Waals surface area contributed by atoms with Crippen molar-refractivity contribution in [2.45, 2.75) is 21.8 Å². The second kappa shape index (κ2) is 6.92. The van der Waals surface area contributed by atoms with Crippen LogP contribution in [0.5, 0.6) is 5.75 Å². The third kappa shape index (κ3) is 3.21. The molecule has 0 aliphatic rings. The van der Waals surface area contributed by atoms with Crippen molar-refractivity contribution in [3.8, 4) is 5.75 Å². The SMILES string of the molecule is C.C.COCOc1cccc2c(C)cccc12. The molecule has 2 nitrogen and oxygen atoms in total. The second-order valence-electron chi connectivity index (χ2n) is 3.48.